The molecule has 0 heterocycles. The molecule has 0 aliphatic heterocycles. The van der Waals surface area contributed by atoms with Gasteiger partial charge in [-0.2, -0.15) is 8.78 Å². The minimum absolute atomic E-state index is 0.165. The molecule has 0 saturated carbocycles. The lowest BCUT2D eigenvalue weighted by Crippen LogP contribution is -2.13. The number of phenolic OH excluding ortho intramolecular Hbond substituents is 2. The molecule has 9 heteroatoms. The van der Waals surface area contributed by atoms with E-state index in [4.69, 9.17) is 0 Å². The van der Waals surface area contributed by atoms with E-state index in [2.05, 4.69) is 4.74 Å². The Hall–Kier alpha value is -3.36. The van der Waals surface area contributed by atoms with Crippen LogP contribution in [0.3, 0.4) is 0 Å². The first-order valence-electron chi connectivity index (χ1n) is 6.90. The molecule has 0 fully saturated rings. The maximum absolute atomic E-state index is 13.6. The second-order valence-electron chi connectivity index (χ2n) is 5.16. The van der Waals surface area contributed by atoms with Gasteiger partial charge in [-0.15, -0.1) is 0 Å². The summed E-state index contributed by atoms with van der Waals surface area (Å²) < 4.78 is 70.7. The van der Waals surface area contributed by atoms with Crippen LogP contribution in [0.2, 0.25) is 0 Å². The molecule has 3 aromatic carbocycles. The second-order valence-corrected chi connectivity index (χ2v) is 5.16. The molecule has 134 valence electrons. The minimum atomic E-state index is -2.37. The third kappa shape index (κ3) is 2.67. The SMILES string of the molecule is O=C(Oc1c(F)c(F)c(F)c(F)c1F)c1ccc2c(O)c(O)ccc2c1. The quantitative estimate of drug-likeness (QED) is 0.178. The number of benzene rings is 3. The van der Waals surface area contributed by atoms with Crippen LogP contribution in [0.25, 0.3) is 10.8 Å². The molecule has 0 aliphatic rings. The maximum atomic E-state index is 13.6. The summed E-state index contributed by atoms with van der Waals surface area (Å²) in [6.07, 6.45) is 0. The van der Waals surface area contributed by atoms with Crippen molar-refractivity contribution in [1.29, 1.82) is 0 Å². The van der Waals surface area contributed by atoms with Gasteiger partial charge in [0, 0.05) is 5.39 Å². The largest absolute Gasteiger partial charge is 0.504 e. The molecule has 0 aromatic heterocycles. The van der Waals surface area contributed by atoms with Gasteiger partial charge < -0.3 is 14.9 Å². The predicted octanol–water partition coefficient (Wildman–Crippen LogP) is 4.17. The van der Waals surface area contributed by atoms with Crippen LogP contribution in [0.1, 0.15) is 10.4 Å². The van der Waals surface area contributed by atoms with Crippen LogP contribution in [0.5, 0.6) is 17.2 Å². The summed E-state index contributed by atoms with van der Waals surface area (Å²) in [7, 11) is 0. The van der Waals surface area contributed by atoms with E-state index in [0.717, 1.165) is 18.2 Å². The van der Waals surface area contributed by atoms with Gasteiger partial charge in [0.05, 0.1) is 5.56 Å². The van der Waals surface area contributed by atoms with E-state index in [1.807, 2.05) is 0 Å². The van der Waals surface area contributed by atoms with Gasteiger partial charge in [-0.25, -0.2) is 18.0 Å². The molecule has 0 radical (unpaired) electrons. The van der Waals surface area contributed by atoms with Gasteiger partial charge in [0.25, 0.3) is 0 Å². The summed E-state index contributed by atoms with van der Waals surface area (Å²) in [6.45, 7) is 0. The van der Waals surface area contributed by atoms with Crippen molar-refractivity contribution in [3.05, 3.63) is 65.0 Å². The zero-order valence-electron chi connectivity index (χ0n) is 12.5. The summed E-state index contributed by atoms with van der Waals surface area (Å²) in [6, 6.07) is 5.90. The molecule has 0 amide bonds. The van der Waals surface area contributed by atoms with Gasteiger partial charge in [-0.1, -0.05) is 6.07 Å². The molecule has 2 N–H and O–H groups in total. The molecule has 4 nitrogen and oxygen atoms in total. The lowest BCUT2D eigenvalue weighted by atomic mass is 10.1. The van der Waals surface area contributed by atoms with Gasteiger partial charge in [0.1, 0.15) is 0 Å². The van der Waals surface area contributed by atoms with Gasteiger partial charge >= 0.3 is 5.97 Å². The Morgan fingerprint density at radius 2 is 1.38 bits per heavy atom. The van der Waals surface area contributed by atoms with Crippen LogP contribution < -0.4 is 4.74 Å². The molecule has 0 atom stereocenters. The molecular formula is C17H7F5O4. The third-order valence-electron chi connectivity index (χ3n) is 3.57. The van der Waals surface area contributed by atoms with Crippen molar-refractivity contribution in [3.63, 3.8) is 0 Å². The first-order valence-corrected chi connectivity index (χ1v) is 6.90. The Bertz CT molecular complexity index is 1040. The summed E-state index contributed by atoms with van der Waals surface area (Å²) >= 11 is 0. The van der Waals surface area contributed by atoms with Crippen molar-refractivity contribution < 1.29 is 41.7 Å². The number of ether oxygens (including phenoxy) is 1. The molecule has 0 aliphatic carbocycles. The Morgan fingerprint density at radius 1 is 0.808 bits per heavy atom. The monoisotopic (exact) mass is 370 g/mol. The van der Waals surface area contributed by atoms with Crippen molar-refractivity contribution in [2.75, 3.05) is 0 Å². The fourth-order valence-electron chi connectivity index (χ4n) is 2.25. The van der Waals surface area contributed by atoms with Crippen LogP contribution in [-0.4, -0.2) is 16.2 Å². The highest BCUT2D eigenvalue weighted by Gasteiger charge is 2.29. The molecule has 0 saturated heterocycles. The maximum Gasteiger partial charge on any atom is 0.343 e. The van der Waals surface area contributed by atoms with Crippen LogP contribution in [0, 0.1) is 29.1 Å². The molecule has 26 heavy (non-hydrogen) atoms. The van der Waals surface area contributed by atoms with E-state index < -0.39 is 52.3 Å². The number of esters is 1. The van der Waals surface area contributed by atoms with E-state index in [1.54, 1.807) is 0 Å². The van der Waals surface area contributed by atoms with Crippen LogP contribution >= 0.6 is 0 Å². The number of hydrogen-bond donors (Lipinski definition) is 2. The second kappa shape index (κ2) is 6.17. The lowest BCUT2D eigenvalue weighted by Gasteiger charge is -2.10. The molecule has 0 unspecified atom stereocenters. The zero-order chi connectivity index (χ0) is 19.2. The van der Waals surface area contributed by atoms with Crippen LogP contribution in [0.15, 0.2) is 30.3 Å². The fourth-order valence-corrected chi connectivity index (χ4v) is 2.25. The number of hydrogen-bond acceptors (Lipinski definition) is 4. The van der Waals surface area contributed by atoms with Crippen molar-refractivity contribution >= 4 is 16.7 Å². The van der Waals surface area contributed by atoms with Crippen molar-refractivity contribution in [3.8, 4) is 17.2 Å². The number of aromatic hydroxyl groups is 2. The normalized spacial score (nSPS) is 11.0. The number of phenols is 2. The Balaban J connectivity index is 2.02. The minimum Gasteiger partial charge on any atom is -0.504 e. The first kappa shape index (κ1) is 17.5. The topological polar surface area (TPSA) is 66.8 Å². The number of halogens is 5. The van der Waals surface area contributed by atoms with E-state index in [0.29, 0.717) is 0 Å². The van der Waals surface area contributed by atoms with E-state index in [-0.39, 0.29) is 16.3 Å². The summed E-state index contributed by atoms with van der Waals surface area (Å²) in [4.78, 5) is 12.0. The summed E-state index contributed by atoms with van der Waals surface area (Å²) in [5.74, 6) is -15.4. The van der Waals surface area contributed by atoms with E-state index >= 15 is 0 Å². The van der Waals surface area contributed by atoms with Crippen molar-refractivity contribution in [2.45, 2.75) is 0 Å². The van der Waals surface area contributed by atoms with Crippen LogP contribution in [0.4, 0.5) is 22.0 Å². The first-order chi connectivity index (χ1) is 12.2. The lowest BCUT2D eigenvalue weighted by molar-refractivity contribution is 0.0716. The Morgan fingerprint density at radius 3 is 2.00 bits per heavy atom. The highest BCUT2D eigenvalue weighted by atomic mass is 19.2. The summed E-state index contributed by atoms with van der Waals surface area (Å²) in [5.41, 5.74) is -0.286. The molecule has 3 aromatic rings. The van der Waals surface area contributed by atoms with Gasteiger partial charge in [-0.05, 0) is 29.7 Å². The number of fused-ring (bicyclic) bond motifs is 1. The summed E-state index contributed by atoms with van der Waals surface area (Å²) in [5, 5.41) is 19.5. The van der Waals surface area contributed by atoms with Gasteiger partial charge in [-0.3, -0.25) is 0 Å². The standard InChI is InChI=1S/C17H7F5O4/c18-10-11(19)13(21)16(14(22)12(10)20)26-17(25)7-1-3-8-6(5-7)2-4-9(23)15(8)24/h1-5,23-24H. The fraction of sp³-hybridized carbons (Fsp3) is 0. The highest BCUT2D eigenvalue weighted by Crippen LogP contribution is 2.34. The third-order valence-corrected chi connectivity index (χ3v) is 3.57. The van der Waals surface area contributed by atoms with Gasteiger partial charge in [0.2, 0.25) is 34.8 Å². The van der Waals surface area contributed by atoms with Crippen LogP contribution in [-0.2, 0) is 0 Å². The molecule has 0 bridgehead atoms. The van der Waals surface area contributed by atoms with Gasteiger partial charge in [0.15, 0.2) is 11.5 Å². The molecular weight excluding hydrogens is 363 g/mol. The predicted molar refractivity (Wildman–Crippen MR) is 78.5 cm³/mol. The van der Waals surface area contributed by atoms with E-state index in [9.17, 15) is 37.0 Å². The smallest absolute Gasteiger partial charge is 0.343 e. The average Bonchev–Trinajstić information content (AvgIpc) is 2.64. The number of rotatable bonds is 2. The van der Waals surface area contributed by atoms with E-state index in [1.165, 1.54) is 12.1 Å². The Labute approximate surface area is 141 Å². The zero-order valence-corrected chi connectivity index (χ0v) is 12.5. The average molecular weight is 370 g/mol. The molecule has 3 rings (SSSR count). The molecule has 0 spiro atoms. The Kier molecular flexibility index (Phi) is 4.15. The van der Waals surface area contributed by atoms with Crippen molar-refractivity contribution in [2.24, 2.45) is 0 Å². The number of carbonyl (C=O) groups excluding carboxylic acids is 1. The van der Waals surface area contributed by atoms with Crippen molar-refractivity contribution in [1.82, 2.24) is 0 Å². The number of carbonyl (C=O) groups is 1. The highest BCUT2D eigenvalue weighted by molar-refractivity contribution is 5.98.